The van der Waals surface area contributed by atoms with Crippen LogP contribution in [0.5, 0.6) is 0 Å². The number of carbonyl (C=O) groups excluding carboxylic acids is 1. The zero-order valence-electron chi connectivity index (χ0n) is 12.7. The lowest BCUT2D eigenvalue weighted by Crippen LogP contribution is -2.58. The lowest BCUT2D eigenvalue weighted by molar-refractivity contribution is -0.297. The first-order valence-corrected chi connectivity index (χ1v) is 7.25. The van der Waals surface area contributed by atoms with E-state index in [9.17, 15) is 14.7 Å². The van der Waals surface area contributed by atoms with Crippen LogP contribution in [0.25, 0.3) is 0 Å². The fraction of sp³-hybridized carbons (Fsp3) is 0.643. The van der Waals surface area contributed by atoms with Crippen LogP contribution < -0.4 is 5.56 Å². The van der Waals surface area contributed by atoms with Crippen LogP contribution in [-0.4, -0.2) is 65.6 Å². The molecule has 3 heterocycles. The maximum Gasteiger partial charge on any atom is 0.362 e. The normalized spacial score (nSPS) is 33.8. The van der Waals surface area contributed by atoms with Crippen LogP contribution in [0.1, 0.15) is 23.5 Å². The van der Waals surface area contributed by atoms with Gasteiger partial charge >= 0.3 is 5.97 Å². The summed E-state index contributed by atoms with van der Waals surface area (Å²) in [5.74, 6) is -0.829. The lowest BCUT2D eigenvalue weighted by Gasteiger charge is -2.44. The molecular weight excluding hydrogens is 308 g/mol. The Hall–Kier alpha value is -1.81. The van der Waals surface area contributed by atoms with Crippen molar-refractivity contribution in [2.45, 2.75) is 37.6 Å². The third kappa shape index (κ3) is 2.88. The van der Waals surface area contributed by atoms with Gasteiger partial charge in [0.15, 0.2) is 6.29 Å². The molecule has 0 spiro atoms. The van der Waals surface area contributed by atoms with Crippen LogP contribution in [-0.2, 0) is 18.9 Å². The van der Waals surface area contributed by atoms with Gasteiger partial charge in [-0.25, -0.2) is 9.78 Å². The Morgan fingerprint density at radius 2 is 2.22 bits per heavy atom. The van der Waals surface area contributed by atoms with Crippen molar-refractivity contribution >= 4 is 5.97 Å². The molecule has 1 N–H and O–H groups in total. The van der Waals surface area contributed by atoms with Crippen LogP contribution in [0.2, 0.25) is 0 Å². The van der Waals surface area contributed by atoms with Gasteiger partial charge in [0.2, 0.25) is 5.69 Å². The fourth-order valence-corrected chi connectivity index (χ4v) is 2.82. The Kier molecular flexibility index (Phi) is 4.44. The summed E-state index contributed by atoms with van der Waals surface area (Å²) in [4.78, 5) is 27.7. The Morgan fingerprint density at radius 3 is 2.96 bits per heavy atom. The molecule has 23 heavy (non-hydrogen) atoms. The molecule has 0 aliphatic carbocycles. The predicted molar refractivity (Wildman–Crippen MR) is 74.9 cm³/mol. The molecule has 1 unspecified atom stereocenters. The zero-order chi connectivity index (χ0) is 16.6. The highest BCUT2D eigenvalue weighted by Crippen LogP contribution is 2.29. The van der Waals surface area contributed by atoms with Crippen molar-refractivity contribution in [3.63, 3.8) is 0 Å². The van der Waals surface area contributed by atoms with Gasteiger partial charge in [0.25, 0.3) is 5.56 Å². The van der Waals surface area contributed by atoms with Crippen LogP contribution in [0.15, 0.2) is 17.2 Å². The summed E-state index contributed by atoms with van der Waals surface area (Å²) >= 11 is 0. The van der Waals surface area contributed by atoms with Crippen LogP contribution >= 0.6 is 0 Å². The SMILES string of the molecule is COC(=O)c1nccn([C@H]2CO[C@H]3COC(C)O[C@H]3[C@@H]2O)c1=O. The number of ether oxygens (including phenoxy) is 4. The molecular formula is C14H18N2O7. The van der Waals surface area contributed by atoms with Crippen molar-refractivity contribution in [1.82, 2.24) is 9.55 Å². The molecule has 0 radical (unpaired) electrons. The van der Waals surface area contributed by atoms with Crippen molar-refractivity contribution in [2.75, 3.05) is 20.3 Å². The van der Waals surface area contributed by atoms with E-state index in [-0.39, 0.29) is 12.3 Å². The summed E-state index contributed by atoms with van der Waals surface area (Å²) in [6, 6.07) is -0.694. The average Bonchev–Trinajstić information content (AvgIpc) is 2.56. The number of carbonyl (C=O) groups is 1. The zero-order valence-corrected chi connectivity index (χ0v) is 12.7. The first-order chi connectivity index (χ1) is 11.0. The summed E-state index contributed by atoms with van der Waals surface area (Å²) in [6.45, 7) is 2.13. The van der Waals surface area contributed by atoms with E-state index in [0.29, 0.717) is 6.61 Å². The highest BCUT2D eigenvalue weighted by Gasteiger charge is 2.45. The first-order valence-electron chi connectivity index (χ1n) is 7.25. The van der Waals surface area contributed by atoms with Crippen LogP contribution in [0.3, 0.4) is 0 Å². The Labute approximate surface area is 131 Å². The average molecular weight is 326 g/mol. The van der Waals surface area contributed by atoms with Gasteiger partial charge in [-0.2, -0.15) is 0 Å². The maximum atomic E-state index is 12.4. The second-order valence-electron chi connectivity index (χ2n) is 5.41. The van der Waals surface area contributed by atoms with Crippen molar-refractivity contribution in [2.24, 2.45) is 0 Å². The van der Waals surface area contributed by atoms with Gasteiger partial charge in [0.1, 0.15) is 18.3 Å². The number of methoxy groups -OCH3 is 1. The van der Waals surface area contributed by atoms with E-state index in [2.05, 4.69) is 9.72 Å². The minimum atomic E-state index is -0.981. The van der Waals surface area contributed by atoms with Crippen molar-refractivity contribution in [3.05, 3.63) is 28.4 Å². The molecule has 2 aliphatic heterocycles. The standard InChI is InChI=1S/C14H18N2O7/c1-7-21-6-9-12(23-7)11(17)8(5-22-9)16-4-3-15-10(13(16)18)14(19)20-2/h3-4,7-9,11-12,17H,5-6H2,1-2H3/t7?,8-,9-,11+,12+/m0/s1. The number of aliphatic hydroxyl groups is 1. The summed E-state index contributed by atoms with van der Waals surface area (Å²) in [6.07, 6.45) is 0.252. The second-order valence-corrected chi connectivity index (χ2v) is 5.41. The van der Waals surface area contributed by atoms with E-state index in [1.165, 1.54) is 24.1 Å². The minimum Gasteiger partial charge on any atom is -0.464 e. The molecule has 0 amide bonds. The second kappa shape index (κ2) is 6.36. The van der Waals surface area contributed by atoms with E-state index < -0.39 is 42.2 Å². The fourth-order valence-electron chi connectivity index (χ4n) is 2.82. The number of aliphatic hydroxyl groups excluding tert-OH is 1. The summed E-state index contributed by atoms with van der Waals surface area (Å²) < 4.78 is 22.3. The molecule has 5 atom stereocenters. The van der Waals surface area contributed by atoms with Gasteiger partial charge in [0, 0.05) is 12.4 Å². The Balaban J connectivity index is 1.90. The number of aromatic nitrogens is 2. The topological polar surface area (TPSA) is 109 Å². The third-order valence-electron chi connectivity index (χ3n) is 4.03. The highest BCUT2D eigenvalue weighted by atomic mass is 16.7. The number of hydrogen-bond donors (Lipinski definition) is 1. The first kappa shape index (κ1) is 16.1. The molecule has 2 fully saturated rings. The molecule has 9 heteroatoms. The van der Waals surface area contributed by atoms with Gasteiger partial charge < -0.3 is 28.6 Å². The van der Waals surface area contributed by atoms with Gasteiger partial charge in [-0.15, -0.1) is 0 Å². The van der Waals surface area contributed by atoms with Crippen molar-refractivity contribution < 1.29 is 28.8 Å². The molecule has 1 aromatic heterocycles. The minimum absolute atomic E-state index is 0.0912. The smallest absolute Gasteiger partial charge is 0.362 e. The molecule has 126 valence electrons. The summed E-state index contributed by atoms with van der Waals surface area (Å²) in [5.41, 5.74) is -0.990. The number of esters is 1. The molecule has 2 saturated heterocycles. The Morgan fingerprint density at radius 1 is 1.43 bits per heavy atom. The van der Waals surface area contributed by atoms with Crippen molar-refractivity contribution in [1.29, 1.82) is 0 Å². The van der Waals surface area contributed by atoms with E-state index in [0.717, 1.165) is 0 Å². The van der Waals surface area contributed by atoms with Crippen LogP contribution in [0.4, 0.5) is 0 Å². The van der Waals surface area contributed by atoms with E-state index >= 15 is 0 Å². The van der Waals surface area contributed by atoms with E-state index in [4.69, 9.17) is 14.2 Å². The van der Waals surface area contributed by atoms with Gasteiger partial charge in [-0.3, -0.25) is 4.79 Å². The van der Waals surface area contributed by atoms with Crippen LogP contribution in [0, 0.1) is 0 Å². The summed E-state index contributed by atoms with van der Waals surface area (Å²) in [7, 11) is 1.17. The molecule has 0 saturated carbocycles. The van der Waals surface area contributed by atoms with Gasteiger partial charge in [-0.1, -0.05) is 0 Å². The summed E-state index contributed by atoms with van der Waals surface area (Å²) in [5, 5.41) is 10.6. The predicted octanol–water partition coefficient (Wildman–Crippen LogP) is -0.908. The van der Waals surface area contributed by atoms with Crippen molar-refractivity contribution in [3.8, 4) is 0 Å². The number of fused-ring (bicyclic) bond motifs is 1. The van der Waals surface area contributed by atoms with E-state index in [1.54, 1.807) is 6.92 Å². The number of rotatable bonds is 2. The quantitative estimate of drug-likeness (QED) is 0.696. The highest BCUT2D eigenvalue weighted by molar-refractivity contribution is 5.86. The molecule has 2 aliphatic rings. The Bertz CT molecular complexity index is 646. The molecule has 3 rings (SSSR count). The number of nitrogens with zero attached hydrogens (tertiary/aromatic N) is 2. The van der Waals surface area contributed by atoms with E-state index in [1.807, 2.05) is 0 Å². The molecule has 0 bridgehead atoms. The number of hydrogen-bond acceptors (Lipinski definition) is 8. The van der Waals surface area contributed by atoms with Gasteiger partial charge in [-0.05, 0) is 6.92 Å². The monoisotopic (exact) mass is 326 g/mol. The molecule has 9 nitrogen and oxygen atoms in total. The largest absolute Gasteiger partial charge is 0.464 e. The van der Waals surface area contributed by atoms with Gasteiger partial charge in [0.05, 0.1) is 26.4 Å². The lowest BCUT2D eigenvalue weighted by atomic mass is 9.97. The maximum absolute atomic E-state index is 12.4. The third-order valence-corrected chi connectivity index (χ3v) is 4.03. The molecule has 1 aromatic rings. The molecule has 0 aromatic carbocycles.